The summed E-state index contributed by atoms with van der Waals surface area (Å²) < 4.78 is 0. The molecule has 3 amide bonds. The number of aromatic amines is 1. The number of phenolic OH excluding ortho intramolecular Hbond substituents is 1. The molecule has 3 atom stereocenters. The monoisotopic (exact) mass is 539 g/mol. The van der Waals surface area contributed by atoms with E-state index in [4.69, 9.17) is 10.8 Å². The number of carbonyl (C=O) groups is 5. The first-order valence-corrected chi connectivity index (χ1v) is 11.9. The van der Waals surface area contributed by atoms with Gasteiger partial charge in [0.05, 0.1) is 12.5 Å². The Balaban J connectivity index is 1.81. The van der Waals surface area contributed by atoms with Gasteiger partial charge in [-0.05, 0) is 35.7 Å². The van der Waals surface area contributed by atoms with Gasteiger partial charge in [0, 0.05) is 23.5 Å². The smallest absolute Gasteiger partial charge is 0.322 e. The van der Waals surface area contributed by atoms with Crippen LogP contribution < -0.4 is 21.7 Å². The highest BCUT2D eigenvalue weighted by molar-refractivity contribution is 5.95. The minimum atomic E-state index is -1.60. The molecule has 9 N–H and O–H groups in total. The summed E-state index contributed by atoms with van der Waals surface area (Å²) in [5.41, 5.74) is 8.20. The molecule has 0 aliphatic carbocycles. The molecular formula is C26H29N5O8. The molecule has 0 saturated heterocycles. The van der Waals surface area contributed by atoms with Crippen molar-refractivity contribution in [2.45, 2.75) is 37.4 Å². The number of fused-ring (bicyclic) bond motifs is 1. The fourth-order valence-corrected chi connectivity index (χ4v) is 3.93. The van der Waals surface area contributed by atoms with Crippen molar-refractivity contribution < 1.29 is 39.3 Å². The Bertz CT molecular complexity index is 1350. The second-order valence-corrected chi connectivity index (χ2v) is 8.87. The van der Waals surface area contributed by atoms with Crippen molar-refractivity contribution in [3.05, 3.63) is 65.9 Å². The number of carbonyl (C=O) groups excluding carboxylic acids is 3. The van der Waals surface area contributed by atoms with E-state index >= 15 is 0 Å². The number of aliphatic carboxylic acids is 2. The highest BCUT2D eigenvalue weighted by Crippen LogP contribution is 2.19. The molecule has 1 heterocycles. The van der Waals surface area contributed by atoms with Gasteiger partial charge in [-0.25, -0.2) is 0 Å². The molecule has 206 valence electrons. The van der Waals surface area contributed by atoms with E-state index in [2.05, 4.69) is 15.6 Å². The lowest BCUT2D eigenvalue weighted by atomic mass is 10.0. The largest absolute Gasteiger partial charge is 0.508 e. The summed E-state index contributed by atoms with van der Waals surface area (Å²) in [5, 5.41) is 35.2. The van der Waals surface area contributed by atoms with E-state index in [0.717, 1.165) is 10.9 Å². The number of rotatable bonds is 13. The van der Waals surface area contributed by atoms with Crippen molar-refractivity contribution in [3.8, 4) is 5.75 Å². The molecule has 2 aromatic carbocycles. The molecule has 0 bridgehead atoms. The number of para-hydroxylation sites is 1. The summed E-state index contributed by atoms with van der Waals surface area (Å²) >= 11 is 0. The van der Waals surface area contributed by atoms with E-state index < -0.39 is 60.8 Å². The van der Waals surface area contributed by atoms with Gasteiger partial charge < -0.3 is 42.0 Å². The third-order valence-electron chi connectivity index (χ3n) is 5.89. The number of hydrogen-bond acceptors (Lipinski definition) is 7. The third kappa shape index (κ3) is 8.30. The summed E-state index contributed by atoms with van der Waals surface area (Å²) in [6, 6.07) is 9.46. The van der Waals surface area contributed by atoms with Crippen LogP contribution in [0.4, 0.5) is 0 Å². The van der Waals surface area contributed by atoms with Gasteiger partial charge in [0.2, 0.25) is 17.7 Å². The average Bonchev–Trinajstić information content (AvgIpc) is 3.30. The Labute approximate surface area is 222 Å². The number of hydrogen-bond donors (Lipinski definition) is 8. The maximum atomic E-state index is 13.3. The number of nitrogens with one attached hydrogen (secondary N) is 4. The van der Waals surface area contributed by atoms with Gasteiger partial charge >= 0.3 is 11.9 Å². The number of nitrogens with two attached hydrogens (primary N) is 1. The lowest BCUT2D eigenvalue weighted by Crippen LogP contribution is -2.57. The number of aromatic hydroxyl groups is 1. The number of carboxylic acid groups (broad SMARTS) is 2. The Morgan fingerprint density at radius 2 is 1.49 bits per heavy atom. The van der Waals surface area contributed by atoms with Crippen LogP contribution in [0, 0.1) is 0 Å². The number of benzene rings is 2. The lowest BCUT2D eigenvalue weighted by Gasteiger charge is -2.23. The molecule has 0 radical (unpaired) electrons. The van der Waals surface area contributed by atoms with Crippen LogP contribution in [-0.4, -0.2) is 74.6 Å². The number of aromatic nitrogens is 1. The van der Waals surface area contributed by atoms with Crippen molar-refractivity contribution in [2.24, 2.45) is 5.73 Å². The van der Waals surface area contributed by atoms with E-state index in [1.54, 1.807) is 24.4 Å². The van der Waals surface area contributed by atoms with Gasteiger partial charge in [0.15, 0.2) is 0 Å². The van der Waals surface area contributed by atoms with Crippen molar-refractivity contribution in [1.82, 2.24) is 20.9 Å². The van der Waals surface area contributed by atoms with E-state index in [-0.39, 0.29) is 18.6 Å². The molecule has 13 nitrogen and oxygen atoms in total. The Hall–Kier alpha value is -4.91. The Morgan fingerprint density at radius 1 is 0.821 bits per heavy atom. The van der Waals surface area contributed by atoms with Crippen LogP contribution in [0.15, 0.2) is 54.7 Å². The van der Waals surface area contributed by atoms with Gasteiger partial charge in [0.25, 0.3) is 0 Å². The SMILES string of the molecule is NC(Cc1ccc(O)cc1)C(=O)NC(Cc1c[nH]c2ccccc12)C(=O)NC(CC(=O)O)C(=O)NCC(=O)O. The van der Waals surface area contributed by atoms with Gasteiger partial charge in [0.1, 0.15) is 24.4 Å². The molecule has 0 aliphatic rings. The molecule has 3 rings (SSSR count). The maximum absolute atomic E-state index is 13.3. The summed E-state index contributed by atoms with van der Waals surface area (Å²) in [6.07, 6.45) is 0.934. The number of H-pyrrole nitrogens is 1. The van der Waals surface area contributed by atoms with E-state index in [9.17, 15) is 34.2 Å². The lowest BCUT2D eigenvalue weighted by molar-refractivity contribution is -0.141. The summed E-state index contributed by atoms with van der Waals surface area (Å²) in [7, 11) is 0. The van der Waals surface area contributed by atoms with Gasteiger partial charge in [-0.2, -0.15) is 0 Å². The van der Waals surface area contributed by atoms with Crippen LogP contribution in [0.2, 0.25) is 0 Å². The fourth-order valence-electron chi connectivity index (χ4n) is 3.93. The summed E-state index contributed by atoms with van der Waals surface area (Å²) in [4.78, 5) is 63.9. The minimum Gasteiger partial charge on any atom is -0.508 e. The quantitative estimate of drug-likeness (QED) is 0.142. The molecule has 1 aromatic heterocycles. The molecule has 13 heteroatoms. The Kier molecular flexibility index (Phi) is 9.59. The second-order valence-electron chi connectivity index (χ2n) is 8.87. The molecule has 0 saturated carbocycles. The zero-order valence-electron chi connectivity index (χ0n) is 20.7. The number of carboxylic acids is 2. The van der Waals surface area contributed by atoms with Gasteiger partial charge in [-0.15, -0.1) is 0 Å². The fraction of sp³-hybridized carbons (Fsp3) is 0.269. The Morgan fingerprint density at radius 3 is 2.15 bits per heavy atom. The first-order valence-electron chi connectivity index (χ1n) is 11.9. The zero-order chi connectivity index (χ0) is 28.5. The van der Waals surface area contributed by atoms with Crippen LogP contribution in [0.3, 0.4) is 0 Å². The third-order valence-corrected chi connectivity index (χ3v) is 5.89. The predicted molar refractivity (Wildman–Crippen MR) is 139 cm³/mol. The molecule has 0 spiro atoms. The number of amides is 3. The second kappa shape index (κ2) is 13.1. The highest BCUT2D eigenvalue weighted by atomic mass is 16.4. The zero-order valence-corrected chi connectivity index (χ0v) is 20.7. The molecule has 39 heavy (non-hydrogen) atoms. The molecular weight excluding hydrogens is 510 g/mol. The standard InChI is InChI=1S/C26H29N5O8/c27-18(9-14-5-7-16(32)8-6-14)24(37)30-20(10-15-12-28-19-4-2-1-3-17(15)19)26(39)31-21(11-22(33)34)25(38)29-13-23(35)36/h1-8,12,18,20-21,28,32H,9-11,13,27H2,(H,29,38)(H,30,37)(H,31,39)(H,33,34)(H,35,36). The van der Waals surface area contributed by atoms with Crippen molar-refractivity contribution in [3.63, 3.8) is 0 Å². The molecule has 0 fully saturated rings. The van der Waals surface area contributed by atoms with Crippen LogP contribution in [-0.2, 0) is 36.8 Å². The maximum Gasteiger partial charge on any atom is 0.322 e. The van der Waals surface area contributed by atoms with Gasteiger partial charge in [-0.3, -0.25) is 24.0 Å². The summed E-state index contributed by atoms with van der Waals surface area (Å²) in [5.74, 6) is -5.24. The van der Waals surface area contributed by atoms with E-state index in [0.29, 0.717) is 11.1 Å². The predicted octanol–water partition coefficient (Wildman–Crippen LogP) is -0.369. The molecule has 0 aliphatic heterocycles. The van der Waals surface area contributed by atoms with E-state index in [1.807, 2.05) is 23.5 Å². The van der Waals surface area contributed by atoms with E-state index in [1.165, 1.54) is 12.1 Å². The van der Waals surface area contributed by atoms with Crippen LogP contribution in [0.5, 0.6) is 5.75 Å². The number of phenols is 1. The molecule has 3 unspecified atom stereocenters. The van der Waals surface area contributed by atoms with Crippen LogP contribution in [0.1, 0.15) is 17.5 Å². The average molecular weight is 540 g/mol. The first kappa shape index (κ1) is 28.7. The minimum absolute atomic E-state index is 0.0238. The van der Waals surface area contributed by atoms with Crippen LogP contribution >= 0.6 is 0 Å². The van der Waals surface area contributed by atoms with Crippen LogP contribution in [0.25, 0.3) is 10.9 Å². The van der Waals surface area contributed by atoms with Gasteiger partial charge in [-0.1, -0.05) is 30.3 Å². The summed E-state index contributed by atoms with van der Waals surface area (Å²) in [6.45, 7) is -0.771. The van der Waals surface area contributed by atoms with Crippen molar-refractivity contribution in [2.75, 3.05) is 6.54 Å². The molecule has 3 aromatic rings. The van der Waals surface area contributed by atoms with Crippen molar-refractivity contribution in [1.29, 1.82) is 0 Å². The van der Waals surface area contributed by atoms with Crippen molar-refractivity contribution >= 4 is 40.6 Å². The normalized spacial score (nSPS) is 13.2. The topological polar surface area (TPSA) is 224 Å². The first-order chi connectivity index (χ1) is 18.5. The highest BCUT2D eigenvalue weighted by Gasteiger charge is 2.30.